The third kappa shape index (κ3) is 7.07. The molecule has 0 amide bonds. The molecule has 0 bridgehead atoms. The summed E-state index contributed by atoms with van der Waals surface area (Å²) in [6.07, 6.45) is 16.0. The highest BCUT2D eigenvalue weighted by Gasteiger charge is 1.87. The van der Waals surface area contributed by atoms with E-state index in [9.17, 15) is 0 Å². The maximum Gasteiger partial charge on any atom is -0.0244 e. The third-order valence-electron chi connectivity index (χ3n) is 1.58. The van der Waals surface area contributed by atoms with Crippen molar-refractivity contribution < 1.29 is 0 Å². The van der Waals surface area contributed by atoms with Crippen LogP contribution in [0.3, 0.4) is 0 Å². The van der Waals surface area contributed by atoms with Crippen molar-refractivity contribution in [1.29, 1.82) is 0 Å². The van der Waals surface area contributed by atoms with Gasteiger partial charge < -0.3 is 0 Å². The summed E-state index contributed by atoms with van der Waals surface area (Å²) < 4.78 is 0. The SMILES string of the molecule is C=C/C=C\CCC(/C=C\C)=C/C=C. The summed E-state index contributed by atoms with van der Waals surface area (Å²) in [6.45, 7) is 9.33. The molecule has 0 radical (unpaired) electrons. The second-order valence-electron chi connectivity index (χ2n) is 2.68. The smallest absolute Gasteiger partial charge is 0.0244 e. The van der Waals surface area contributed by atoms with E-state index in [4.69, 9.17) is 0 Å². The lowest BCUT2D eigenvalue weighted by atomic mass is 10.1. The fourth-order valence-electron chi connectivity index (χ4n) is 1.03. The summed E-state index contributed by atoms with van der Waals surface area (Å²) >= 11 is 0. The van der Waals surface area contributed by atoms with Gasteiger partial charge in [-0.25, -0.2) is 0 Å². The Morgan fingerprint density at radius 1 is 1.23 bits per heavy atom. The van der Waals surface area contributed by atoms with Crippen molar-refractivity contribution in [2.24, 2.45) is 0 Å². The predicted octanol–water partition coefficient (Wildman–Crippen LogP) is 4.20. The molecule has 0 spiro atoms. The van der Waals surface area contributed by atoms with Crippen LogP contribution in [0.4, 0.5) is 0 Å². The second kappa shape index (κ2) is 8.79. The summed E-state index contributed by atoms with van der Waals surface area (Å²) in [6, 6.07) is 0. The first kappa shape index (κ1) is 11.7. The number of hydrogen-bond donors (Lipinski definition) is 0. The van der Waals surface area contributed by atoms with Crippen LogP contribution in [-0.4, -0.2) is 0 Å². The Kier molecular flexibility index (Phi) is 7.91. The molecule has 0 saturated heterocycles. The Hall–Kier alpha value is -1.30. The predicted molar refractivity (Wildman–Crippen MR) is 61.7 cm³/mol. The fraction of sp³-hybridized carbons (Fsp3) is 0.231. The van der Waals surface area contributed by atoms with Crippen LogP contribution < -0.4 is 0 Å². The normalized spacial score (nSPS) is 12.5. The molecule has 0 heterocycles. The van der Waals surface area contributed by atoms with Crippen molar-refractivity contribution in [2.45, 2.75) is 19.8 Å². The molecular formula is C13H18. The van der Waals surface area contributed by atoms with Crippen molar-refractivity contribution >= 4 is 0 Å². The summed E-state index contributed by atoms with van der Waals surface area (Å²) in [5, 5.41) is 0. The molecule has 0 nitrogen and oxygen atoms in total. The molecule has 0 saturated carbocycles. The first-order valence-corrected chi connectivity index (χ1v) is 4.57. The van der Waals surface area contributed by atoms with Crippen LogP contribution in [0, 0.1) is 0 Å². The van der Waals surface area contributed by atoms with Crippen molar-refractivity contribution in [1.82, 2.24) is 0 Å². The molecule has 0 atom stereocenters. The van der Waals surface area contributed by atoms with Crippen LogP contribution in [0.2, 0.25) is 0 Å². The molecule has 0 aromatic rings. The summed E-state index contributed by atoms with van der Waals surface area (Å²) in [5.74, 6) is 0. The molecule has 13 heavy (non-hydrogen) atoms. The Morgan fingerprint density at radius 2 is 2.00 bits per heavy atom. The highest BCUT2D eigenvalue weighted by Crippen LogP contribution is 2.07. The Balaban J connectivity index is 3.96. The molecule has 0 unspecified atom stereocenters. The van der Waals surface area contributed by atoms with Gasteiger partial charge in [-0.1, -0.05) is 55.7 Å². The molecule has 0 aliphatic rings. The fourth-order valence-corrected chi connectivity index (χ4v) is 1.03. The standard InChI is InChI=1S/C13H18/c1-4-7-8-9-12-13(10-5-2)11-6-3/h4-8,10-11H,1-2,9,12H2,3H3/b8-7-,11-6-,13-10+. The lowest BCUT2D eigenvalue weighted by Crippen LogP contribution is -1.76. The van der Waals surface area contributed by atoms with E-state index in [1.807, 2.05) is 31.2 Å². The minimum absolute atomic E-state index is 1.05. The number of allylic oxidation sites excluding steroid dienone is 8. The van der Waals surface area contributed by atoms with E-state index >= 15 is 0 Å². The quantitative estimate of drug-likeness (QED) is 0.529. The van der Waals surface area contributed by atoms with Gasteiger partial charge in [0, 0.05) is 0 Å². The first-order valence-electron chi connectivity index (χ1n) is 4.57. The van der Waals surface area contributed by atoms with E-state index in [1.54, 1.807) is 6.08 Å². The summed E-state index contributed by atoms with van der Waals surface area (Å²) in [7, 11) is 0. The van der Waals surface area contributed by atoms with Crippen LogP contribution >= 0.6 is 0 Å². The van der Waals surface area contributed by atoms with Gasteiger partial charge >= 0.3 is 0 Å². The third-order valence-corrected chi connectivity index (χ3v) is 1.58. The van der Waals surface area contributed by atoms with E-state index < -0.39 is 0 Å². The molecule has 0 heteroatoms. The minimum atomic E-state index is 1.05. The van der Waals surface area contributed by atoms with Gasteiger partial charge in [-0.3, -0.25) is 0 Å². The number of rotatable bonds is 6. The zero-order valence-corrected chi connectivity index (χ0v) is 8.37. The van der Waals surface area contributed by atoms with Gasteiger partial charge in [0.05, 0.1) is 0 Å². The average Bonchev–Trinajstić information content (AvgIpc) is 2.13. The van der Waals surface area contributed by atoms with E-state index in [1.165, 1.54) is 5.57 Å². The summed E-state index contributed by atoms with van der Waals surface area (Å²) in [4.78, 5) is 0. The lowest BCUT2D eigenvalue weighted by Gasteiger charge is -1.96. The maximum absolute atomic E-state index is 3.68. The Labute approximate surface area is 81.7 Å². The van der Waals surface area contributed by atoms with Crippen molar-refractivity contribution in [3.8, 4) is 0 Å². The molecule has 0 fully saturated rings. The van der Waals surface area contributed by atoms with E-state index in [0.29, 0.717) is 0 Å². The largest absolute Gasteiger partial charge is 0.0991 e. The van der Waals surface area contributed by atoms with Crippen LogP contribution in [0.1, 0.15) is 19.8 Å². The van der Waals surface area contributed by atoms with Gasteiger partial charge in [0.2, 0.25) is 0 Å². The molecule has 70 valence electrons. The molecule has 0 N–H and O–H groups in total. The van der Waals surface area contributed by atoms with Gasteiger partial charge in [0.15, 0.2) is 0 Å². The topological polar surface area (TPSA) is 0 Å². The molecular weight excluding hydrogens is 156 g/mol. The van der Waals surface area contributed by atoms with Gasteiger partial charge in [0.25, 0.3) is 0 Å². The van der Waals surface area contributed by atoms with Crippen LogP contribution in [0.15, 0.2) is 61.3 Å². The second-order valence-corrected chi connectivity index (χ2v) is 2.68. The Morgan fingerprint density at radius 3 is 2.54 bits per heavy atom. The average molecular weight is 174 g/mol. The van der Waals surface area contributed by atoms with Gasteiger partial charge in [-0.2, -0.15) is 0 Å². The van der Waals surface area contributed by atoms with Gasteiger partial charge in [-0.15, -0.1) is 0 Å². The zero-order chi connectivity index (χ0) is 9.94. The first-order chi connectivity index (χ1) is 6.35. The van der Waals surface area contributed by atoms with Gasteiger partial charge in [-0.05, 0) is 25.3 Å². The minimum Gasteiger partial charge on any atom is -0.0991 e. The summed E-state index contributed by atoms with van der Waals surface area (Å²) in [5.41, 5.74) is 1.31. The van der Waals surface area contributed by atoms with Gasteiger partial charge in [0.1, 0.15) is 0 Å². The molecule has 0 rings (SSSR count). The van der Waals surface area contributed by atoms with Crippen LogP contribution in [0.25, 0.3) is 0 Å². The van der Waals surface area contributed by atoms with E-state index in [-0.39, 0.29) is 0 Å². The zero-order valence-electron chi connectivity index (χ0n) is 8.37. The monoisotopic (exact) mass is 174 g/mol. The Bertz CT molecular complexity index is 226. The van der Waals surface area contributed by atoms with Crippen molar-refractivity contribution in [3.63, 3.8) is 0 Å². The van der Waals surface area contributed by atoms with Crippen molar-refractivity contribution in [2.75, 3.05) is 0 Å². The van der Waals surface area contributed by atoms with Crippen LogP contribution in [0.5, 0.6) is 0 Å². The number of hydrogen-bond acceptors (Lipinski definition) is 0. The molecule has 0 aromatic heterocycles. The highest BCUT2D eigenvalue weighted by atomic mass is 13.9. The van der Waals surface area contributed by atoms with E-state index in [0.717, 1.165) is 12.8 Å². The molecule has 0 aliphatic carbocycles. The molecule has 0 aromatic carbocycles. The molecule has 0 aliphatic heterocycles. The van der Waals surface area contributed by atoms with Crippen molar-refractivity contribution in [3.05, 3.63) is 61.3 Å². The van der Waals surface area contributed by atoms with Crippen LogP contribution in [-0.2, 0) is 0 Å². The van der Waals surface area contributed by atoms with E-state index in [2.05, 4.69) is 25.3 Å². The maximum atomic E-state index is 3.68. The lowest BCUT2D eigenvalue weighted by molar-refractivity contribution is 1.01. The highest BCUT2D eigenvalue weighted by molar-refractivity contribution is 5.23.